The van der Waals surface area contributed by atoms with Gasteiger partial charge < -0.3 is 5.32 Å². The first kappa shape index (κ1) is 21.5. The highest BCUT2D eigenvalue weighted by Gasteiger charge is 2.31. The van der Waals surface area contributed by atoms with E-state index in [-0.39, 0.29) is 23.6 Å². The van der Waals surface area contributed by atoms with Crippen LogP contribution in [0.5, 0.6) is 0 Å². The number of amides is 1. The van der Waals surface area contributed by atoms with Crippen LogP contribution >= 0.6 is 0 Å². The lowest BCUT2D eigenvalue weighted by Crippen LogP contribution is -2.43. The Hall–Kier alpha value is -2.18. The fourth-order valence-electron chi connectivity index (χ4n) is 3.99. The summed E-state index contributed by atoms with van der Waals surface area (Å²) in [5.41, 5.74) is 4.27. The van der Waals surface area contributed by atoms with E-state index < -0.39 is 10.0 Å². The van der Waals surface area contributed by atoms with Gasteiger partial charge in [0.25, 0.3) is 0 Å². The maximum absolute atomic E-state index is 12.7. The maximum atomic E-state index is 12.7. The Morgan fingerprint density at radius 3 is 2.38 bits per heavy atom. The molecule has 0 unspecified atom stereocenters. The zero-order chi connectivity index (χ0) is 21.0. The molecule has 6 heteroatoms. The second kappa shape index (κ2) is 9.09. The molecule has 2 aromatic carbocycles. The molecule has 1 heterocycles. The fourth-order valence-corrected chi connectivity index (χ4v) is 5.56. The lowest BCUT2D eigenvalue weighted by molar-refractivity contribution is -0.126. The second-order valence-corrected chi connectivity index (χ2v) is 9.97. The van der Waals surface area contributed by atoms with Gasteiger partial charge in [0.05, 0.1) is 11.8 Å². The Morgan fingerprint density at radius 2 is 1.76 bits per heavy atom. The van der Waals surface area contributed by atoms with Crippen molar-refractivity contribution in [2.45, 2.75) is 45.4 Å². The van der Waals surface area contributed by atoms with Crippen molar-refractivity contribution in [3.8, 4) is 0 Å². The predicted octanol–water partition coefficient (Wildman–Crippen LogP) is 3.72. The highest BCUT2D eigenvalue weighted by molar-refractivity contribution is 7.88. The molecule has 1 saturated heterocycles. The van der Waals surface area contributed by atoms with Crippen LogP contribution in [0, 0.1) is 19.8 Å². The van der Waals surface area contributed by atoms with Gasteiger partial charge in [0.1, 0.15) is 0 Å². The summed E-state index contributed by atoms with van der Waals surface area (Å²) in [7, 11) is -3.36. The minimum atomic E-state index is -3.36. The number of nitrogens with one attached hydrogen (secondary N) is 1. The van der Waals surface area contributed by atoms with Gasteiger partial charge in [-0.25, -0.2) is 12.7 Å². The van der Waals surface area contributed by atoms with Gasteiger partial charge in [-0.05, 0) is 50.3 Å². The van der Waals surface area contributed by atoms with Gasteiger partial charge in [-0.2, -0.15) is 0 Å². The maximum Gasteiger partial charge on any atom is 0.223 e. The molecule has 0 aromatic heterocycles. The number of carbonyl (C=O) groups excluding carboxylic acids is 1. The lowest BCUT2D eigenvalue weighted by atomic mass is 9.95. The van der Waals surface area contributed by atoms with Crippen molar-refractivity contribution in [3.63, 3.8) is 0 Å². The van der Waals surface area contributed by atoms with E-state index in [0.717, 1.165) is 11.1 Å². The third-order valence-electron chi connectivity index (χ3n) is 5.66. The molecule has 5 nitrogen and oxygen atoms in total. The number of rotatable bonds is 6. The van der Waals surface area contributed by atoms with Gasteiger partial charge in [-0.15, -0.1) is 0 Å². The second-order valence-electron chi connectivity index (χ2n) is 8.01. The van der Waals surface area contributed by atoms with Gasteiger partial charge in [0, 0.05) is 19.0 Å². The molecule has 0 bridgehead atoms. The monoisotopic (exact) mass is 414 g/mol. The standard InChI is InChI=1S/C23H30N2O3S/c1-17-9-10-22(18(2)15-17)19(3)24-23(26)21-11-13-25(14-12-21)29(27,28)16-20-7-5-4-6-8-20/h4-10,15,19,21H,11-14,16H2,1-3H3,(H,24,26)/t19-/m1/s1. The molecule has 0 aliphatic carbocycles. The highest BCUT2D eigenvalue weighted by Crippen LogP contribution is 2.24. The van der Waals surface area contributed by atoms with E-state index in [9.17, 15) is 13.2 Å². The van der Waals surface area contributed by atoms with Crippen LogP contribution in [0.1, 0.15) is 48.1 Å². The fraction of sp³-hybridized carbons (Fsp3) is 0.435. The SMILES string of the molecule is Cc1ccc([C@@H](C)NC(=O)C2CCN(S(=O)(=O)Cc3ccccc3)CC2)c(C)c1. The van der Waals surface area contributed by atoms with E-state index in [0.29, 0.717) is 25.9 Å². The number of hydrogen-bond acceptors (Lipinski definition) is 3. The van der Waals surface area contributed by atoms with Gasteiger partial charge in [0.2, 0.25) is 15.9 Å². The first-order valence-electron chi connectivity index (χ1n) is 10.2. The number of hydrogen-bond donors (Lipinski definition) is 1. The van der Waals surface area contributed by atoms with E-state index in [2.05, 4.69) is 37.4 Å². The summed E-state index contributed by atoms with van der Waals surface area (Å²) < 4.78 is 26.9. The Labute approximate surface area is 174 Å². The Kier molecular flexibility index (Phi) is 6.75. The summed E-state index contributed by atoms with van der Waals surface area (Å²) in [6, 6.07) is 15.4. The van der Waals surface area contributed by atoms with Crippen LogP contribution < -0.4 is 5.32 Å². The molecule has 1 fully saturated rings. The summed E-state index contributed by atoms with van der Waals surface area (Å²) in [5, 5.41) is 3.11. The zero-order valence-electron chi connectivity index (χ0n) is 17.4. The number of sulfonamides is 1. The normalized spacial score (nSPS) is 17.1. The summed E-state index contributed by atoms with van der Waals surface area (Å²) in [6.07, 6.45) is 1.11. The smallest absolute Gasteiger partial charge is 0.223 e. The molecule has 29 heavy (non-hydrogen) atoms. The minimum Gasteiger partial charge on any atom is -0.349 e. The average Bonchev–Trinajstić information content (AvgIpc) is 2.68. The molecule has 1 aliphatic heterocycles. The molecular formula is C23H30N2O3S. The van der Waals surface area contributed by atoms with Crippen molar-refractivity contribution in [3.05, 3.63) is 70.8 Å². The topological polar surface area (TPSA) is 66.5 Å². The number of benzene rings is 2. The summed E-state index contributed by atoms with van der Waals surface area (Å²) in [6.45, 7) is 6.89. The van der Waals surface area contributed by atoms with E-state index in [1.807, 2.05) is 37.3 Å². The Morgan fingerprint density at radius 1 is 1.10 bits per heavy atom. The molecule has 1 amide bonds. The first-order valence-corrected chi connectivity index (χ1v) is 11.8. The molecule has 1 N–H and O–H groups in total. The van der Waals surface area contributed by atoms with Gasteiger partial charge in [-0.1, -0.05) is 54.1 Å². The first-order chi connectivity index (χ1) is 13.8. The number of carbonyl (C=O) groups is 1. The molecule has 3 rings (SSSR count). The van der Waals surface area contributed by atoms with Crippen LogP contribution in [0.4, 0.5) is 0 Å². The van der Waals surface area contributed by atoms with Crippen LogP contribution in [0.3, 0.4) is 0 Å². The van der Waals surface area contributed by atoms with Crippen LogP contribution in [0.25, 0.3) is 0 Å². The third-order valence-corrected chi connectivity index (χ3v) is 7.51. The quantitative estimate of drug-likeness (QED) is 0.783. The van der Waals surface area contributed by atoms with Crippen LogP contribution in [-0.4, -0.2) is 31.7 Å². The van der Waals surface area contributed by atoms with Crippen LogP contribution in [-0.2, 0) is 20.6 Å². The van der Waals surface area contributed by atoms with Crippen molar-refractivity contribution in [1.82, 2.24) is 9.62 Å². The molecule has 0 saturated carbocycles. The number of nitrogens with zero attached hydrogens (tertiary/aromatic N) is 1. The van der Waals surface area contributed by atoms with Gasteiger partial charge in [0.15, 0.2) is 0 Å². The van der Waals surface area contributed by atoms with Gasteiger partial charge >= 0.3 is 0 Å². The third kappa shape index (κ3) is 5.46. The molecule has 0 spiro atoms. The summed E-state index contributed by atoms with van der Waals surface area (Å²) in [4.78, 5) is 12.7. The van der Waals surface area contributed by atoms with Gasteiger partial charge in [-0.3, -0.25) is 4.79 Å². The number of aryl methyl sites for hydroxylation is 2. The van der Waals surface area contributed by atoms with Crippen molar-refractivity contribution >= 4 is 15.9 Å². The predicted molar refractivity (Wildman–Crippen MR) is 116 cm³/mol. The van der Waals surface area contributed by atoms with Crippen molar-refractivity contribution in [1.29, 1.82) is 0 Å². The van der Waals surface area contributed by atoms with Crippen LogP contribution in [0.2, 0.25) is 0 Å². The van der Waals surface area contributed by atoms with Crippen molar-refractivity contribution in [2.24, 2.45) is 5.92 Å². The van der Waals surface area contributed by atoms with E-state index in [4.69, 9.17) is 0 Å². The summed E-state index contributed by atoms with van der Waals surface area (Å²) >= 11 is 0. The van der Waals surface area contributed by atoms with Crippen molar-refractivity contribution < 1.29 is 13.2 Å². The van der Waals surface area contributed by atoms with Crippen molar-refractivity contribution in [2.75, 3.05) is 13.1 Å². The molecular weight excluding hydrogens is 384 g/mol. The van der Waals surface area contributed by atoms with Crippen LogP contribution in [0.15, 0.2) is 48.5 Å². The highest BCUT2D eigenvalue weighted by atomic mass is 32.2. The number of piperidine rings is 1. The molecule has 2 aromatic rings. The molecule has 156 valence electrons. The van der Waals surface area contributed by atoms with E-state index in [1.165, 1.54) is 15.4 Å². The molecule has 0 radical (unpaired) electrons. The largest absolute Gasteiger partial charge is 0.349 e. The lowest BCUT2D eigenvalue weighted by Gasteiger charge is -2.31. The zero-order valence-corrected chi connectivity index (χ0v) is 18.2. The Balaban J connectivity index is 1.55. The molecule has 1 aliphatic rings. The minimum absolute atomic E-state index is 0.00837. The van der Waals surface area contributed by atoms with E-state index >= 15 is 0 Å². The summed E-state index contributed by atoms with van der Waals surface area (Å²) in [5.74, 6) is -0.127. The van der Waals surface area contributed by atoms with E-state index in [1.54, 1.807) is 0 Å². The Bertz CT molecular complexity index is 949. The average molecular weight is 415 g/mol. The molecule has 1 atom stereocenters.